The molecule has 0 saturated heterocycles. The van der Waals surface area contributed by atoms with E-state index in [4.69, 9.17) is 5.73 Å². The molecule has 0 radical (unpaired) electrons. The van der Waals surface area contributed by atoms with E-state index >= 15 is 0 Å². The fourth-order valence-corrected chi connectivity index (χ4v) is 3.54. The van der Waals surface area contributed by atoms with Crippen molar-refractivity contribution in [2.75, 3.05) is 6.54 Å². The highest BCUT2D eigenvalue weighted by atomic mass is 16.4. The number of carbonyl (C=O) groups excluding carboxylic acids is 1. The molecule has 4 N–H and O–H groups in total. The van der Waals surface area contributed by atoms with Crippen LogP contribution in [0, 0.1) is 11.8 Å². The predicted octanol–water partition coefficient (Wildman–Crippen LogP) is 1.27. The van der Waals surface area contributed by atoms with Crippen molar-refractivity contribution in [3.05, 3.63) is 0 Å². The summed E-state index contributed by atoms with van der Waals surface area (Å²) in [5.74, 6) is -0.863. The Morgan fingerprint density at radius 1 is 1.16 bits per heavy atom. The summed E-state index contributed by atoms with van der Waals surface area (Å²) in [5, 5.41) is 12.3. The van der Waals surface area contributed by atoms with E-state index in [1.54, 1.807) is 0 Å². The number of carboxylic acids is 1. The van der Waals surface area contributed by atoms with Crippen molar-refractivity contribution in [2.45, 2.75) is 56.9 Å². The Labute approximate surface area is 113 Å². The molecule has 2 unspecified atom stereocenters. The van der Waals surface area contributed by atoms with Crippen molar-refractivity contribution in [2.24, 2.45) is 17.6 Å². The number of nitrogens with one attached hydrogen (secondary N) is 1. The number of hydrogen-bond donors (Lipinski definition) is 3. The second-order valence-electron chi connectivity index (χ2n) is 5.97. The normalized spacial score (nSPS) is 29.9. The van der Waals surface area contributed by atoms with Gasteiger partial charge < -0.3 is 16.2 Å². The third-order valence-corrected chi connectivity index (χ3v) is 4.78. The molecule has 2 atom stereocenters. The molecule has 2 fully saturated rings. The third-order valence-electron chi connectivity index (χ3n) is 4.78. The van der Waals surface area contributed by atoms with Gasteiger partial charge in [-0.25, -0.2) is 4.79 Å². The SMILES string of the molecule is NCC1CCCC1C(=O)NC1(C(=O)O)CCCCC1. The fourth-order valence-electron chi connectivity index (χ4n) is 3.54. The maximum atomic E-state index is 12.4. The Morgan fingerprint density at radius 3 is 2.42 bits per heavy atom. The minimum Gasteiger partial charge on any atom is -0.480 e. The summed E-state index contributed by atoms with van der Waals surface area (Å²) < 4.78 is 0. The molecule has 2 aliphatic rings. The van der Waals surface area contributed by atoms with Crippen LogP contribution in [0.2, 0.25) is 0 Å². The van der Waals surface area contributed by atoms with Crippen LogP contribution in [0.25, 0.3) is 0 Å². The smallest absolute Gasteiger partial charge is 0.329 e. The van der Waals surface area contributed by atoms with Gasteiger partial charge in [-0.15, -0.1) is 0 Å². The lowest BCUT2D eigenvalue weighted by Crippen LogP contribution is -2.57. The molecule has 0 spiro atoms. The van der Waals surface area contributed by atoms with E-state index in [2.05, 4.69) is 5.32 Å². The van der Waals surface area contributed by atoms with E-state index < -0.39 is 11.5 Å². The molecule has 0 heterocycles. The largest absolute Gasteiger partial charge is 0.480 e. The van der Waals surface area contributed by atoms with E-state index in [-0.39, 0.29) is 17.7 Å². The second-order valence-corrected chi connectivity index (χ2v) is 5.97. The van der Waals surface area contributed by atoms with Crippen molar-refractivity contribution in [1.29, 1.82) is 0 Å². The summed E-state index contributed by atoms with van der Waals surface area (Å²) in [7, 11) is 0. The molecule has 2 saturated carbocycles. The van der Waals surface area contributed by atoms with E-state index in [1.165, 1.54) is 0 Å². The quantitative estimate of drug-likeness (QED) is 0.715. The van der Waals surface area contributed by atoms with Gasteiger partial charge in [-0.05, 0) is 38.1 Å². The maximum absolute atomic E-state index is 12.4. The van der Waals surface area contributed by atoms with Gasteiger partial charge in [0.1, 0.15) is 5.54 Å². The molecular weight excluding hydrogens is 244 g/mol. The standard InChI is InChI=1S/C14H24N2O3/c15-9-10-5-4-6-11(10)12(17)16-14(13(18)19)7-2-1-3-8-14/h10-11H,1-9,15H2,(H,16,17)(H,18,19). The number of amides is 1. The summed E-state index contributed by atoms with van der Waals surface area (Å²) in [6, 6.07) is 0. The molecule has 19 heavy (non-hydrogen) atoms. The molecular formula is C14H24N2O3. The van der Waals surface area contributed by atoms with Crippen LogP contribution >= 0.6 is 0 Å². The Bertz CT molecular complexity index is 351. The molecule has 0 aromatic rings. The molecule has 5 nitrogen and oxygen atoms in total. The van der Waals surface area contributed by atoms with Gasteiger partial charge in [-0.2, -0.15) is 0 Å². The third kappa shape index (κ3) is 2.91. The van der Waals surface area contributed by atoms with Crippen molar-refractivity contribution in [3.63, 3.8) is 0 Å². The average molecular weight is 268 g/mol. The zero-order valence-corrected chi connectivity index (χ0v) is 11.4. The number of hydrogen-bond acceptors (Lipinski definition) is 3. The van der Waals surface area contributed by atoms with Crippen LogP contribution in [0.4, 0.5) is 0 Å². The van der Waals surface area contributed by atoms with Crippen molar-refractivity contribution in [1.82, 2.24) is 5.32 Å². The van der Waals surface area contributed by atoms with Crippen LogP contribution in [0.3, 0.4) is 0 Å². The Morgan fingerprint density at radius 2 is 1.84 bits per heavy atom. The lowest BCUT2D eigenvalue weighted by molar-refractivity contribution is -0.150. The van der Waals surface area contributed by atoms with Gasteiger partial charge in [0, 0.05) is 5.92 Å². The average Bonchev–Trinajstić information content (AvgIpc) is 2.88. The van der Waals surface area contributed by atoms with Crippen LogP contribution in [-0.4, -0.2) is 29.1 Å². The van der Waals surface area contributed by atoms with Crippen LogP contribution < -0.4 is 11.1 Å². The Hall–Kier alpha value is -1.10. The zero-order chi connectivity index (χ0) is 13.9. The summed E-state index contributed by atoms with van der Waals surface area (Å²) in [6.45, 7) is 0.512. The van der Waals surface area contributed by atoms with Gasteiger partial charge in [0.15, 0.2) is 0 Å². The Balaban J connectivity index is 2.04. The number of carbonyl (C=O) groups is 2. The van der Waals surface area contributed by atoms with Crippen molar-refractivity contribution < 1.29 is 14.7 Å². The van der Waals surface area contributed by atoms with Crippen LogP contribution in [-0.2, 0) is 9.59 Å². The van der Waals surface area contributed by atoms with Crippen LogP contribution in [0.1, 0.15) is 51.4 Å². The lowest BCUT2D eigenvalue weighted by Gasteiger charge is -2.35. The predicted molar refractivity (Wildman–Crippen MR) is 71.5 cm³/mol. The molecule has 2 aliphatic carbocycles. The summed E-state index contributed by atoms with van der Waals surface area (Å²) in [6.07, 6.45) is 6.73. The molecule has 5 heteroatoms. The van der Waals surface area contributed by atoms with Gasteiger partial charge >= 0.3 is 5.97 Å². The number of rotatable bonds is 4. The molecule has 0 aliphatic heterocycles. The molecule has 0 aromatic carbocycles. The second kappa shape index (κ2) is 5.90. The van der Waals surface area contributed by atoms with E-state index in [0.717, 1.165) is 38.5 Å². The molecule has 0 aromatic heterocycles. The van der Waals surface area contributed by atoms with Crippen molar-refractivity contribution >= 4 is 11.9 Å². The van der Waals surface area contributed by atoms with E-state index in [1.807, 2.05) is 0 Å². The number of aliphatic carboxylic acids is 1. The first-order chi connectivity index (χ1) is 9.09. The fraction of sp³-hybridized carbons (Fsp3) is 0.857. The maximum Gasteiger partial charge on any atom is 0.329 e. The van der Waals surface area contributed by atoms with Gasteiger partial charge in [-0.3, -0.25) is 4.79 Å². The summed E-state index contributed by atoms with van der Waals surface area (Å²) in [5.41, 5.74) is 4.66. The first kappa shape index (κ1) is 14.3. The summed E-state index contributed by atoms with van der Waals surface area (Å²) >= 11 is 0. The molecule has 108 valence electrons. The zero-order valence-electron chi connectivity index (χ0n) is 11.4. The van der Waals surface area contributed by atoms with Gasteiger partial charge in [-0.1, -0.05) is 25.7 Å². The monoisotopic (exact) mass is 268 g/mol. The molecule has 1 amide bonds. The summed E-state index contributed by atoms with van der Waals surface area (Å²) in [4.78, 5) is 23.9. The van der Waals surface area contributed by atoms with Gasteiger partial charge in [0.05, 0.1) is 0 Å². The molecule has 2 rings (SSSR count). The minimum atomic E-state index is -1.03. The highest BCUT2D eigenvalue weighted by Gasteiger charge is 2.43. The first-order valence-electron chi connectivity index (χ1n) is 7.34. The van der Waals surface area contributed by atoms with Gasteiger partial charge in [0.2, 0.25) is 5.91 Å². The van der Waals surface area contributed by atoms with Crippen LogP contribution in [0.5, 0.6) is 0 Å². The highest BCUT2D eigenvalue weighted by Crippen LogP contribution is 2.33. The van der Waals surface area contributed by atoms with Gasteiger partial charge in [0.25, 0.3) is 0 Å². The first-order valence-corrected chi connectivity index (χ1v) is 7.34. The highest BCUT2D eigenvalue weighted by molar-refractivity contribution is 5.88. The minimum absolute atomic E-state index is 0.0943. The Kier molecular flexibility index (Phi) is 4.45. The molecule has 0 bridgehead atoms. The number of carboxylic acid groups (broad SMARTS) is 1. The van der Waals surface area contributed by atoms with E-state index in [0.29, 0.717) is 19.4 Å². The topological polar surface area (TPSA) is 92.4 Å². The van der Waals surface area contributed by atoms with Crippen LogP contribution in [0.15, 0.2) is 0 Å². The lowest BCUT2D eigenvalue weighted by atomic mass is 9.81. The number of nitrogens with two attached hydrogens (primary N) is 1. The van der Waals surface area contributed by atoms with Crippen molar-refractivity contribution in [3.8, 4) is 0 Å². The van der Waals surface area contributed by atoms with E-state index in [9.17, 15) is 14.7 Å².